The van der Waals surface area contributed by atoms with E-state index in [1.54, 1.807) is 0 Å². The number of carbonyl (C=O) groups is 2. The zero-order valence-electron chi connectivity index (χ0n) is 32.3. The van der Waals surface area contributed by atoms with Crippen molar-refractivity contribution in [1.82, 2.24) is 0 Å². The van der Waals surface area contributed by atoms with Gasteiger partial charge in [0, 0.05) is 19.4 Å². The number of carbonyl (C=O) groups excluding carboxylic acids is 2. The van der Waals surface area contributed by atoms with Crippen LogP contribution in [0.5, 0.6) is 0 Å². The largest absolute Gasteiger partial charge is 0.462 e. The van der Waals surface area contributed by atoms with E-state index in [-0.39, 0.29) is 25.2 Å². The van der Waals surface area contributed by atoms with E-state index < -0.39 is 6.10 Å². The van der Waals surface area contributed by atoms with E-state index in [0.29, 0.717) is 19.4 Å². The molecule has 0 aliphatic rings. The highest BCUT2D eigenvalue weighted by Crippen LogP contribution is 2.13. The van der Waals surface area contributed by atoms with Crippen LogP contribution in [0, 0.1) is 0 Å². The molecule has 0 radical (unpaired) electrons. The summed E-state index contributed by atoms with van der Waals surface area (Å²) in [7, 11) is 0. The monoisotopic (exact) mass is 677 g/mol. The predicted molar refractivity (Wildman–Crippen MR) is 205 cm³/mol. The molecular formula is C43H80O5. The summed E-state index contributed by atoms with van der Waals surface area (Å²) in [5, 5.41) is 0. The summed E-state index contributed by atoms with van der Waals surface area (Å²) >= 11 is 0. The average molecular weight is 677 g/mol. The summed E-state index contributed by atoms with van der Waals surface area (Å²) in [6.45, 7) is 7.72. The second-order valence-electron chi connectivity index (χ2n) is 13.9. The normalized spacial score (nSPS) is 12.3. The van der Waals surface area contributed by atoms with Crippen molar-refractivity contribution in [2.24, 2.45) is 0 Å². The third kappa shape index (κ3) is 37.2. The number of allylic oxidation sites excluding steroid dienone is 4. The third-order valence-corrected chi connectivity index (χ3v) is 8.97. The van der Waals surface area contributed by atoms with Crippen LogP contribution in [-0.4, -0.2) is 37.9 Å². The molecule has 0 bridgehead atoms. The van der Waals surface area contributed by atoms with E-state index in [9.17, 15) is 9.59 Å². The van der Waals surface area contributed by atoms with Gasteiger partial charge in [-0.2, -0.15) is 0 Å². The SMILES string of the molecule is CCC/C=C\C/C=C\CCCCCCCCOCC(COC(=O)CCCCCCCCCCC)OC(=O)CCCCCCCCCCC. The first-order chi connectivity index (χ1) is 23.6. The van der Waals surface area contributed by atoms with Crippen molar-refractivity contribution >= 4 is 11.9 Å². The Morgan fingerprint density at radius 3 is 1.46 bits per heavy atom. The van der Waals surface area contributed by atoms with Crippen molar-refractivity contribution in [2.45, 2.75) is 219 Å². The Balaban J connectivity index is 4.21. The molecule has 5 nitrogen and oxygen atoms in total. The molecule has 0 fully saturated rings. The van der Waals surface area contributed by atoms with Crippen molar-refractivity contribution in [3.63, 3.8) is 0 Å². The molecule has 0 saturated heterocycles. The van der Waals surface area contributed by atoms with E-state index in [1.807, 2.05) is 0 Å². The van der Waals surface area contributed by atoms with Gasteiger partial charge in [-0.05, 0) is 44.9 Å². The second kappa shape index (κ2) is 39.8. The molecule has 0 saturated carbocycles. The first-order valence-electron chi connectivity index (χ1n) is 20.9. The lowest BCUT2D eigenvalue weighted by Gasteiger charge is -2.18. The van der Waals surface area contributed by atoms with Crippen LogP contribution in [0.2, 0.25) is 0 Å². The minimum atomic E-state index is -0.529. The molecule has 0 rings (SSSR count). The number of esters is 2. The molecule has 0 spiro atoms. The van der Waals surface area contributed by atoms with Crippen LogP contribution < -0.4 is 0 Å². The Morgan fingerprint density at radius 1 is 0.458 bits per heavy atom. The Kier molecular flexibility index (Phi) is 38.5. The van der Waals surface area contributed by atoms with E-state index in [4.69, 9.17) is 14.2 Å². The summed E-state index contributed by atoms with van der Waals surface area (Å²) in [6, 6.07) is 0. The molecule has 0 aromatic carbocycles. The Bertz CT molecular complexity index is 731. The molecule has 0 amide bonds. The Hall–Kier alpha value is -1.62. The van der Waals surface area contributed by atoms with E-state index in [0.717, 1.165) is 44.9 Å². The zero-order valence-corrected chi connectivity index (χ0v) is 32.3. The first kappa shape index (κ1) is 46.4. The van der Waals surface area contributed by atoms with Gasteiger partial charge >= 0.3 is 11.9 Å². The van der Waals surface area contributed by atoms with Gasteiger partial charge in [-0.15, -0.1) is 0 Å². The van der Waals surface area contributed by atoms with Crippen molar-refractivity contribution in [1.29, 1.82) is 0 Å². The number of rotatable bonds is 38. The minimum Gasteiger partial charge on any atom is -0.462 e. The minimum absolute atomic E-state index is 0.0865. The fourth-order valence-corrected chi connectivity index (χ4v) is 5.84. The number of ether oxygens (including phenoxy) is 3. The van der Waals surface area contributed by atoms with Gasteiger partial charge in [0.15, 0.2) is 6.10 Å². The lowest BCUT2D eigenvalue weighted by molar-refractivity contribution is -0.163. The molecule has 0 aromatic heterocycles. The van der Waals surface area contributed by atoms with Gasteiger partial charge in [-0.1, -0.05) is 180 Å². The quantitative estimate of drug-likeness (QED) is 0.0370. The van der Waals surface area contributed by atoms with Crippen molar-refractivity contribution in [2.75, 3.05) is 19.8 Å². The van der Waals surface area contributed by atoms with Gasteiger partial charge in [0.25, 0.3) is 0 Å². The molecule has 0 N–H and O–H groups in total. The van der Waals surface area contributed by atoms with Crippen molar-refractivity contribution in [3.8, 4) is 0 Å². The van der Waals surface area contributed by atoms with Gasteiger partial charge in [0.05, 0.1) is 6.61 Å². The van der Waals surface area contributed by atoms with Crippen LogP contribution >= 0.6 is 0 Å². The van der Waals surface area contributed by atoms with Crippen molar-refractivity contribution in [3.05, 3.63) is 24.3 Å². The zero-order chi connectivity index (χ0) is 35.0. The van der Waals surface area contributed by atoms with Gasteiger partial charge < -0.3 is 14.2 Å². The number of hydrogen-bond acceptors (Lipinski definition) is 5. The third-order valence-electron chi connectivity index (χ3n) is 8.97. The molecule has 1 atom stereocenters. The fourth-order valence-electron chi connectivity index (χ4n) is 5.84. The highest BCUT2D eigenvalue weighted by molar-refractivity contribution is 5.70. The molecule has 48 heavy (non-hydrogen) atoms. The van der Waals surface area contributed by atoms with E-state index in [2.05, 4.69) is 45.1 Å². The molecule has 1 unspecified atom stereocenters. The standard InChI is InChI=1S/C43H80O5/c1-4-7-10-13-16-19-20-21-22-23-26-29-32-35-38-46-39-41(48-43(45)37-34-31-28-25-18-15-12-9-6-3)40-47-42(44)36-33-30-27-24-17-14-11-8-5-2/h10,13,19-20,41H,4-9,11-12,14-18,21-40H2,1-3H3/b13-10-,20-19-. The maximum Gasteiger partial charge on any atom is 0.306 e. The van der Waals surface area contributed by atoms with Gasteiger partial charge in [0.1, 0.15) is 6.61 Å². The first-order valence-corrected chi connectivity index (χ1v) is 20.9. The van der Waals surface area contributed by atoms with Gasteiger partial charge in [-0.3, -0.25) is 9.59 Å². The van der Waals surface area contributed by atoms with E-state index in [1.165, 1.54) is 135 Å². The van der Waals surface area contributed by atoms with Crippen LogP contribution in [0.3, 0.4) is 0 Å². The van der Waals surface area contributed by atoms with Crippen LogP contribution in [-0.2, 0) is 23.8 Å². The van der Waals surface area contributed by atoms with Crippen LogP contribution in [0.4, 0.5) is 0 Å². The molecule has 0 aliphatic heterocycles. The Morgan fingerprint density at radius 2 is 0.917 bits per heavy atom. The highest BCUT2D eigenvalue weighted by atomic mass is 16.6. The fraction of sp³-hybridized carbons (Fsp3) is 0.860. The summed E-state index contributed by atoms with van der Waals surface area (Å²) in [6.07, 6.45) is 43.1. The van der Waals surface area contributed by atoms with Crippen LogP contribution in [0.1, 0.15) is 213 Å². The van der Waals surface area contributed by atoms with Gasteiger partial charge in [-0.25, -0.2) is 0 Å². The van der Waals surface area contributed by atoms with Crippen molar-refractivity contribution < 1.29 is 23.8 Å². The predicted octanol–water partition coefficient (Wildman–Crippen LogP) is 13.3. The second-order valence-corrected chi connectivity index (χ2v) is 13.9. The Labute approximate surface area is 298 Å². The molecule has 0 aliphatic carbocycles. The number of unbranched alkanes of at least 4 members (excludes halogenated alkanes) is 23. The average Bonchev–Trinajstić information content (AvgIpc) is 3.08. The van der Waals surface area contributed by atoms with E-state index >= 15 is 0 Å². The lowest BCUT2D eigenvalue weighted by Crippen LogP contribution is -2.30. The smallest absolute Gasteiger partial charge is 0.306 e. The van der Waals surface area contributed by atoms with Crippen LogP contribution in [0.25, 0.3) is 0 Å². The summed E-state index contributed by atoms with van der Waals surface area (Å²) in [5.74, 6) is -0.401. The molecule has 5 heteroatoms. The van der Waals surface area contributed by atoms with Gasteiger partial charge in [0.2, 0.25) is 0 Å². The molecule has 282 valence electrons. The van der Waals surface area contributed by atoms with Crippen LogP contribution in [0.15, 0.2) is 24.3 Å². The topological polar surface area (TPSA) is 61.8 Å². The summed E-state index contributed by atoms with van der Waals surface area (Å²) < 4.78 is 17.2. The highest BCUT2D eigenvalue weighted by Gasteiger charge is 2.17. The molecule has 0 aromatic rings. The molecular weight excluding hydrogens is 596 g/mol. The maximum atomic E-state index is 12.6. The summed E-state index contributed by atoms with van der Waals surface area (Å²) in [5.41, 5.74) is 0. The molecule has 0 heterocycles. The number of hydrogen-bond donors (Lipinski definition) is 0. The lowest BCUT2D eigenvalue weighted by atomic mass is 10.1. The summed E-state index contributed by atoms with van der Waals surface area (Å²) in [4.78, 5) is 25.0. The maximum absolute atomic E-state index is 12.6.